The highest BCUT2D eigenvalue weighted by molar-refractivity contribution is 5.95. The zero-order valence-electron chi connectivity index (χ0n) is 12.0. The van der Waals surface area contributed by atoms with Gasteiger partial charge in [-0.15, -0.1) is 0 Å². The molecule has 3 heterocycles. The van der Waals surface area contributed by atoms with E-state index in [9.17, 15) is 9.59 Å². The fourth-order valence-corrected chi connectivity index (χ4v) is 2.84. The number of rotatable bonds is 2. The van der Waals surface area contributed by atoms with E-state index in [1.807, 2.05) is 0 Å². The van der Waals surface area contributed by atoms with Gasteiger partial charge in [0.15, 0.2) is 0 Å². The Morgan fingerprint density at radius 2 is 2.29 bits per heavy atom. The molecule has 0 unspecified atom stereocenters. The fourth-order valence-electron chi connectivity index (χ4n) is 2.84. The second-order valence-electron chi connectivity index (χ2n) is 5.27. The first-order valence-electron chi connectivity index (χ1n) is 7.14. The molecule has 1 aromatic heterocycles. The van der Waals surface area contributed by atoms with E-state index >= 15 is 0 Å². The quantitative estimate of drug-likeness (QED) is 0.759. The van der Waals surface area contributed by atoms with Gasteiger partial charge in [0, 0.05) is 51.5 Å². The SMILES string of the molecule is CNc1cc(C(=O)N2CCN3CCNC(=O)[C@@H]3C2)ccn1. The standard InChI is InChI=1S/C14H19N5O2/c1-15-12-8-10(2-3-16-12)14(21)19-7-6-18-5-4-17-13(20)11(18)9-19/h2-3,8,11H,4-7,9H2,1H3,(H,15,16)(H,17,20)/t11-/m0/s1. The normalized spacial score (nSPS) is 22.4. The molecule has 2 N–H and O–H groups in total. The lowest BCUT2D eigenvalue weighted by atomic mass is 10.1. The maximum absolute atomic E-state index is 12.6. The minimum absolute atomic E-state index is 0.0180. The molecule has 0 saturated carbocycles. The molecule has 0 aromatic carbocycles. The van der Waals surface area contributed by atoms with E-state index in [4.69, 9.17) is 0 Å². The molecular weight excluding hydrogens is 270 g/mol. The number of hydrogen-bond donors (Lipinski definition) is 2. The van der Waals surface area contributed by atoms with Gasteiger partial charge < -0.3 is 15.5 Å². The lowest BCUT2D eigenvalue weighted by Gasteiger charge is -2.43. The van der Waals surface area contributed by atoms with Crippen molar-refractivity contribution in [2.75, 3.05) is 45.1 Å². The van der Waals surface area contributed by atoms with Crippen molar-refractivity contribution in [3.8, 4) is 0 Å². The van der Waals surface area contributed by atoms with Crippen molar-refractivity contribution < 1.29 is 9.59 Å². The van der Waals surface area contributed by atoms with Gasteiger partial charge >= 0.3 is 0 Å². The molecule has 2 fully saturated rings. The summed E-state index contributed by atoms with van der Waals surface area (Å²) < 4.78 is 0. The number of pyridine rings is 1. The van der Waals surface area contributed by atoms with Crippen LogP contribution in [-0.2, 0) is 4.79 Å². The number of amides is 2. The molecular formula is C14H19N5O2. The lowest BCUT2D eigenvalue weighted by Crippen LogP contribution is -2.64. The number of carbonyl (C=O) groups excluding carboxylic acids is 2. The molecule has 1 aromatic rings. The van der Waals surface area contributed by atoms with Gasteiger partial charge in [0.1, 0.15) is 11.9 Å². The van der Waals surface area contributed by atoms with Gasteiger partial charge in [0.05, 0.1) is 0 Å². The average molecular weight is 289 g/mol. The van der Waals surface area contributed by atoms with E-state index in [0.717, 1.165) is 13.1 Å². The van der Waals surface area contributed by atoms with Gasteiger partial charge in [-0.3, -0.25) is 14.5 Å². The van der Waals surface area contributed by atoms with Crippen LogP contribution in [0.2, 0.25) is 0 Å². The summed E-state index contributed by atoms with van der Waals surface area (Å²) in [6.07, 6.45) is 1.61. The molecule has 2 saturated heterocycles. The molecule has 0 radical (unpaired) electrons. The first kappa shape index (κ1) is 13.8. The van der Waals surface area contributed by atoms with Crippen molar-refractivity contribution in [2.45, 2.75) is 6.04 Å². The number of nitrogens with zero attached hydrogens (tertiary/aromatic N) is 3. The minimum atomic E-state index is -0.220. The van der Waals surface area contributed by atoms with Crippen LogP contribution in [0.4, 0.5) is 5.82 Å². The average Bonchev–Trinajstić information content (AvgIpc) is 2.54. The van der Waals surface area contributed by atoms with Crippen LogP contribution < -0.4 is 10.6 Å². The van der Waals surface area contributed by atoms with Gasteiger partial charge in [0.25, 0.3) is 5.91 Å². The van der Waals surface area contributed by atoms with E-state index in [1.165, 1.54) is 0 Å². The van der Waals surface area contributed by atoms with E-state index in [2.05, 4.69) is 20.5 Å². The van der Waals surface area contributed by atoms with Crippen LogP contribution in [0.25, 0.3) is 0 Å². The molecule has 1 atom stereocenters. The second-order valence-corrected chi connectivity index (χ2v) is 5.27. The minimum Gasteiger partial charge on any atom is -0.373 e. The Labute approximate surface area is 123 Å². The van der Waals surface area contributed by atoms with Crippen molar-refractivity contribution in [2.24, 2.45) is 0 Å². The monoisotopic (exact) mass is 289 g/mol. The van der Waals surface area contributed by atoms with Crippen LogP contribution in [0.3, 0.4) is 0 Å². The van der Waals surface area contributed by atoms with E-state index in [-0.39, 0.29) is 17.9 Å². The van der Waals surface area contributed by atoms with Crippen molar-refractivity contribution in [3.05, 3.63) is 23.9 Å². The van der Waals surface area contributed by atoms with Gasteiger partial charge in [-0.05, 0) is 12.1 Å². The molecule has 2 aliphatic rings. The zero-order valence-corrected chi connectivity index (χ0v) is 12.0. The van der Waals surface area contributed by atoms with Crippen LogP contribution >= 0.6 is 0 Å². The number of carbonyl (C=O) groups is 2. The molecule has 0 aliphatic carbocycles. The Bertz CT molecular complexity index is 562. The van der Waals surface area contributed by atoms with Gasteiger partial charge in [-0.1, -0.05) is 0 Å². The highest BCUT2D eigenvalue weighted by Gasteiger charge is 2.36. The van der Waals surface area contributed by atoms with Gasteiger partial charge in [0.2, 0.25) is 5.91 Å². The summed E-state index contributed by atoms with van der Waals surface area (Å²) in [5.41, 5.74) is 0.596. The summed E-state index contributed by atoms with van der Waals surface area (Å²) in [7, 11) is 1.77. The van der Waals surface area contributed by atoms with E-state index in [1.54, 1.807) is 30.3 Å². The largest absolute Gasteiger partial charge is 0.373 e. The third kappa shape index (κ3) is 2.69. The number of aromatic nitrogens is 1. The van der Waals surface area contributed by atoms with Crippen LogP contribution in [0, 0.1) is 0 Å². The summed E-state index contributed by atoms with van der Waals surface area (Å²) in [4.78, 5) is 32.5. The lowest BCUT2D eigenvalue weighted by molar-refractivity contribution is -0.131. The molecule has 112 valence electrons. The van der Waals surface area contributed by atoms with Gasteiger partial charge in [-0.25, -0.2) is 4.98 Å². The number of piperazine rings is 2. The molecule has 0 spiro atoms. The van der Waals surface area contributed by atoms with Crippen LogP contribution in [0.5, 0.6) is 0 Å². The predicted molar refractivity (Wildman–Crippen MR) is 78.1 cm³/mol. The van der Waals surface area contributed by atoms with Crippen LogP contribution in [0.1, 0.15) is 10.4 Å². The molecule has 7 nitrogen and oxygen atoms in total. The summed E-state index contributed by atoms with van der Waals surface area (Å²) in [5.74, 6) is 0.631. The maximum Gasteiger partial charge on any atom is 0.254 e. The van der Waals surface area contributed by atoms with E-state index in [0.29, 0.717) is 31.0 Å². The van der Waals surface area contributed by atoms with Crippen molar-refractivity contribution in [1.29, 1.82) is 0 Å². The topological polar surface area (TPSA) is 77.6 Å². The van der Waals surface area contributed by atoms with Crippen LogP contribution in [-0.4, -0.2) is 72.4 Å². The van der Waals surface area contributed by atoms with Crippen molar-refractivity contribution in [3.63, 3.8) is 0 Å². The van der Waals surface area contributed by atoms with Gasteiger partial charge in [-0.2, -0.15) is 0 Å². The highest BCUT2D eigenvalue weighted by atomic mass is 16.2. The first-order valence-corrected chi connectivity index (χ1v) is 7.14. The first-order chi connectivity index (χ1) is 10.2. The molecule has 21 heavy (non-hydrogen) atoms. The third-order valence-corrected chi connectivity index (χ3v) is 4.04. The molecule has 2 amide bonds. The third-order valence-electron chi connectivity index (χ3n) is 4.04. The predicted octanol–water partition coefficient (Wildman–Crippen LogP) is -0.620. The number of nitrogens with one attached hydrogen (secondary N) is 2. The Balaban J connectivity index is 1.74. The second kappa shape index (κ2) is 5.69. The fraction of sp³-hybridized carbons (Fsp3) is 0.500. The zero-order chi connectivity index (χ0) is 14.8. The number of fused-ring (bicyclic) bond motifs is 1. The number of hydrogen-bond acceptors (Lipinski definition) is 5. The maximum atomic E-state index is 12.6. The molecule has 7 heteroatoms. The summed E-state index contributed by atoms with van der Waals surface area (Å²) in [5, 5.41) is 5.78. The molecule has 3 rings (SSSR count). The van der Waals surface area contributed by atoms with E-state index < -0.39 is 0 Å². The summed E-state index contributed by atoms with van der Waals surface area (Å²) in [6, 6.07) is 3.22. The van der Waals surface area contributed by atoms with Crippen molar-refractivity contribution in [1.82, 2.24) is 20.1 Å². The summed E-state index contributed by atoms with van der Waals surface area (Å²) >= 11 is 0. The highest BCUT2D eigenvalue weighted by Crippen LogP contribution is 2.16. The summed E-state index contributed by atoms with van der Waals surface area (Å²) in [6.45, 7) is 3.40. The Hall–Kier alpha value is -2.15. The Kier molecular flexibility index (Phi) is 3.74. The smallest absolute Gasteiger partial charge is 0.254 e. The Morgan fingerprint density at radius 1 is 1.43 bits per heavy atom. The Morgan fingerprint density at radius 3 is 3.10 bits per heavy atom. The molecule has 0 bridgehead atoms. The van der Waals surface area contributed by atoms with Crippen LogP contribution in [0.15, 0.2) is 18.3 Å². The number of anilines is 1. The van der Waals surface area contributed by atoms with Crippen molar-refractivity contribution >= 4 is 17.6 Å². The molecule has 2 aliphatic heterocycles.